The number of rotatable bonds is 5. The maximum atomic E-state index is 12.8. The summed E-state index contributed by atoms with van der Waals surface area (Å²) in [4.78, 5) is 12.5. The Morgan fingerprint density at radius 2 is 1.93 bits per heavy atom. The predicted molar refractivity (Wildman–Crippen MR) is 113 cm³/mol. The largest absolute Gasteiger partial charge is 0.441 e. The molecular formula is C18H19Cl5O3S. The zero-order valence-electron chi connectivity index (χ0n) is 15.0. The molecule has 0 N–H and O–H groups in total. The van der Waals surface area contributed by atoms with Gasteiger partial charge >= 0.3 is 5.97 Å². The number of alkyl halides is 1. The van der Waals surface area contributed by atoms with Crippen molar-refractivity contribution in [2.45, 2.75) is 37.7 Å². The Labute approximate surface area is 188 Å². The Bertz CT molecular complexity index is 764. The summed E-state index contributed by atoms with van der Waals surface area (Å²) in [5.74, 6) is 0.517. The van der Waals surface area contributed by atoms with Crippen LogP contribution < -0.4 is 0 Å². The van der Waals surface area contributed by atoms with E-state index in [2.05, 4.69) is 20.8 Å². The average Bonchev–Trinajstić information content (AvgIpc) is 2.90. The second kappa shape index (κ2) is 7.94. The van der Waals surface area contributed by atoms with Crippen LogP contribution in [0.4, 0.5) is 0 Å². The lowest BCUT2D eigenvalue weighted by atomic mass is 10.1. The summed E-state index contributed by atoms with van der Waals surface area (Å²) in [7, 11) is 0. The normalized spacial score (nSPS) is 30.2. The zero-order valence-corrected chi connectivity index (χ0v) is 19.5. The van der Waals surface area contributed by atoms with Crippen molar-refractivity contribution in [1.29, 1.82) is 0 Å². The first-order chi connectivity index (χ1) is 12.5. The van der Waals surface area contributed by atoms with Gasteiger partial charge in [0.2, 0.25) is 5.56 Å². The number of hydrogen-bond acceptors (Lipinski definition) is 4. The third-order valence-corrected chi connectivity index (χ3v) is 8.74. The minimum Gasteiger partial charge on any atom is -0.441 e. The summed E-state index contributed by atoms with van der Waals surface area (Å²) in [6, 6.07) is 1.46. The van der Waals surface area contributed by atoms with Crippen molar-refractivity contribution in [3.63, 3.8) is 0 Å². The molecule has 1 heterocycles. The van der Waals surface area contributed by atoms with Gasteiger partial charge in [-0.3, -0.25) is 4.79 Å². The molecule has 2 aliphatic rings. The summed E-state index contributed by atoms with van der Waals surface area (Å²) in [6.07, 6.45) is 0.788. The van der Waals surface area contributed by atoms with Gasteiger partial charge in [0.1, 0.15) is 4.93 Å². The van der Waals surface area contributed by atoms with E-state index in [0.717, 1.165) is 18.8 Å². The number of ether oxygens (including phenoxy) is 2. The number of carbonyl (C=O) groups excluding carboxylic acids is 1. The first-order valence-electron chi connectivity index (χ1n) is 8.43. The van der Waals surface area contributed by atoms with E-state index in [1.807, 2.05) is 0 Å². The average molecular weight is 493 g/mol. The molecule has 4 atom stereocenters. The summed E-state index contributed by atoms with van der Waals surface area (Å²) < 4.78 is 11.3. The zero-order chi connectivity index (χ0) is 20.1. The number of esters is 1. The molecule has 4 unspecified atom stereocenters. The Morgan fingerprint density at radius 3 is 2.52 bits per heavy atom. The molecule has 0 aromatic heterocycles. The Morgan fingerprint density at radius 1 is 1.26 bits per heavy atom. The Hall–Kier alpha value is 0.450. The van der Waals surface area contributed by atoms with Gasteiger partial charge in [0.25, 0.3) is 0 Å². The molecule has 1 aromatic carbocycles. The minimum absolute atomic E-state index is 0.0792. The van der Waals surface area contributed by atoms with Gasteiger partial charge in [-0.15, -0.1) is 11.8 Å². The van der Waals surface area contributed by atoms with Crippen LogP contribution in [0.2, 0.25) is 20.1 Å². The van der Waals surface area contributed by atoms with Gasteiger partial charge in [0.05, 0.1) is 32.6 Å². The van der Waals surface area contributed by atoms with E-state index in [1.54, 1.807) is 11.8 Å². The molecule has 27 heavy (non-hydrogen) atoms. The van der Waals surface area contributed by atoms with Crippen LogP contribution in [-0.2, 0) is 14.3 Å². The summed E-state index contributed by atoms with van der Waals surface area (Å²) in [6.45, 7) is 6.92. The van der Waals surface area contributed by atoms with Gasteiger partial charge in [-0.1, -0.05) is 71.9 Å². The number of benzene rings is 1. The van der Waals surface area contributed by atoms with Crippen LogP contribution in [0.5, 0.6) is 0 Å². The highest BCUT2D eigenvalue weighted by Crippen LogP contribution is 2.63. The molecule has 9 heteroatoms. The molecule has 1 saturated carbocycles. The summed E-state index contributed by atoms with van der Waals surface area (Å²) >= 11 is 32.3. The maximum Gasteiger partial charge on any atom is 0.311 e. The minimum atomic E-state index is -1.11. The smallest absolute Gasteiger partial charge is 0.311 e. The van der Waals surface area contributed by atoms with Crippen LogP contribution in [0.1, 0.15) is 38.3 Å². The monoisotopic (exact) mass is 490 g/mol. The van der Waals surface area contributed by atoms with Crippen molar-refractivity contribution in [3.05, 3.63) is 31.7 Å². The van der Waals surface area contributed by atoms with Crippen molar-refractivity contribution in [3.8, 4) is 0 Å². The van der Waals surface area contributed by atoms with E-state index >= 15 is 0 Å². The summed E-state index contributed by atoms with van der Waals surface area (Å²) in [5, 5.41) is 0.521. The molecule has 1 aromatic rings. The lowest BCUT2D eigenvalue weighted by Crippen LogP contribution is -2.21. The van der Waals surface area contributed by atoms with Crippen LogP contribution in [0, 0.1) is 17.3 Å². The SMILES string of the molecule is CC1(CC2C(C(=O)OC(Cl)c3cc(Cl)c(Cl)c(Cl)c3Cl)C2(C)C)OCCS1. The van der Waals surface area contributed by atoms with Crippen molar-refractivity contribution in [2.75, 3.05) is 12.4 Å². The number of thioether (sulfide) groups is 1. The first-order valence-corrected chi connectivity index (χ1v) is 11.4. The fraction of sp³-hybridized carbons (Fsp3) is 0.611. The van der Waals surface area contributed by atoms with Crippen molar-refractivity contribution in [2.24, 2.45) is 17.3 Å². The molecule has 150 valence electrons. The molecule has 1 aliphatic carbocycles. The van der Waals surface area contributed by atoms with Crippen LogP contribution in [0.25, 0.3) is 0 Å². The van der Waals surface area contributed by atoms with E-state index in [-0.39, 0.29) is 48.2 Å². The number of carbonyl (C=O) groups is 1. The molecule has 1 aliphatic heterocycles. The topological polar surface area (TPSA) is 35.5 Å². The highest BCUT2D eigenvalue weighted by atomic mass is 35.5. The molecule has 0 bridgehead atoms. The second-order valence-corrected chi connectivity index (χ2v) is 11.1. The molecule has 3 rings (SSSR count). The van der Waals surface area contributed by atoms with E-state index in [1.165, 1.54) is 6.07 Å². The predicted octanol–water partition coefficient (Wildman–Crippen LogP) is 7.22. The molecule has 2 fully saturated rings. The molecule has 0 spiro atoms. The Kier molecular flexibility index (Phi) is 6.51. The van der Waals surface area contributed by atoms with Crippen LogP contribution >= 0.6 is 69.8 Å². The second-order valence-electron chi connectivity index (χ2n) is 7.58. The van der Waals surface area contributed by atoms with Crippen molar-refractivity contribution < 1.29 is 14.3 Å². The fourth-order valence-electron chi connectivity index (χ4n) is 3.66. The van der Waals surface area contributed by atoms with Crippen LogP contribution in [-0.4, -0.2) is 23.3 Å². The molecule has 0 amide bonds. The van der Waals surface area contributed by atoms with Crippen molar-refractivity contribution in [1.82, 2.24) is 0 Å². The molecule has 1 saturated heterocycles. The van der Waals surface area contributed by atoms with Gasteiger partial charge in [-0.2, -0.15) is 0 Å². The number of hydrogen-bond donors (Lipinski definition) is 0. The van der Waals surface area contributed by atoms with Crippen molar-refractivity contribution >= 4 is 75.7 Å². The van der Waals surface area contributed by atoms with E-state index in [4.69, 9.17) is 67.5 Å². The van der Waals surface area contributed by atoms with Gasteiger partial charge in [-0.05, 0) is 30.7 Å². The third kappa shape index (κ3) is 4.33. The van der Waals surface area contributed by atoms with Gasteiger partial charge in [0, 0.05) is 11.3 Å². The lowest BCUT2D eigenvalue weighted by molar-refractivity contribution is -0.148. The van der Waals surface area contributed by atoms with E-state index in [0.29, 0.717) is 5.56 Å². The quantitative estimate of drug-likeness (QED) is 0.188. The van der Waals surface area contributed by atoms with E-state index in [9.17, 15) is 4.79 Å². The third-order valence-electron chi connectivity index (χ3n) is 5.39. The fourth-order valence-corrected chi connectivity index (χ4v) is 5.96. The van der Waals surface area contributed by atoms with Gasteiger partial charge in [0.15, 0.2) is 0 Å². The standard InChI is InChI=1S/C18H19Cl5O3S/c1-17(2)9(7-18(3)25-4-5-27-18)11(17)16(24)26-15(23)8-6-10(19)13(21)14(22)12(8)20/h6,9,11,15H,4-5,7H2,1-3H3. The first kappa shape index (κ1) is 22.1. The maximum absolute atomic E-state index is 12.8. The van der Waals surface area contributed by atoms with Gasteiger partial charge in [-0.25, -0.2) is 0 Å². The molecule has 3 nitrogen and oxygen atoms in total. The van der Waals surface area contributed by atoms with Gasteiger partial charge < -0.3 is 9.47 Å². The highest BCUT2D eigenvalue weighted by molar-refractivity contribution is 8.00. The number of halogens is 5. The molecule has 0 radical (unpaired) electrons. The lowest BCUT2D eigenvalue weighted by Gasteiger charge is -2.22. The van der Waals surface area contributed by atoms with E-state index < -0.39 is 5.56 Å². The molecular weight excluding hydrogens is 474 g/mol. The summed E-state index contributed by atoms with van der Waals surface area (Å²) in [5.41, 5.74) is -0.979. The Balaban J connectivity index is 1.70. The van der Waals surface area contributed by atoms with Crippen LogP contribution in [0.15, 0.2) is 6.07 Å². The van der Waals surface area contributed by atoms with Crippen LogP contribution in [0.3, 0.4) is 0 Å². The highest BCUT2D eigenvalue weighted by Gasteiger charge is 2.64.